The number of imide groups is 1. The summed E-state index contributed by atoms with van der Waals surface area (Å²) in [6.07, 6.45) is 3.39. The fourth-order valence-electron chi connectivity index (χ4n) is 5.67. The van der Waals surface area contributed by atoms with Gasteiger partial charge in [-0.05, 0) is 74.2 Å². The molecule has 3 aliphatic heterocycles. The molecule has 10 heteroatoms. The van der Waals surface area contributed by atoms with E-state index in [2.05, 4.69) is 26.5 Å². The van der Waals surface area contributed by atoms with Crippen molar-refractivity contribution in [2.24, 2.45) is 0 Å². The van der Waals surface area contributed by atoms with Gasteiger partial charge in [-0.25, -0.2) is 0 Å². The molecule has 5 rings (SSSR count). The van der Waals surface area contributed by atoms with E-state index in [0.29, 0.717) is 31.5 Å². The minimum atomic E-state index is -0.587. The Hall–Kier alpha value is -3.92. The van der Waals surface area contributed by atoms with Crippen LogP contribution in [-0.2, 0) is 20.9 Å². The van der Waals surface area contributed by atoms with Crippen LogP contribution in [0.25, 0.3) is 0 Å². The maximum absolute atomic E-state index is 13.0. The molecule has 0 aromatic heterocycles. The summed E-state index contributed by atoms with van der Waals surface area (Å²) in [6, 6.07) is 13.2. The molecule has 0 radical (unpaired) electrons. The third-order valence-corrected chi connectivity index (χ3v) is 8.08. The quantitative estimate of drug-likeness (QED) is 0.252. The molecule has 40 heavy (non-hydrogen) atoms. The van der Waals surface area contributed by atoms with E-state index in [1.807, 2.05) is 43.3 Å². The number of anilines is 1. The van der Waals surface area contributed by atoms with Crippen molar-refractivity contribution >= 4 is 29.8 Å². The summed E-state index contributed by atoms with van der Waals surface area (Å²) in [7, 11) is 0. The summed E-state index contributed by atoms with van der Waals surface area (Å²) in [5.41, 5.74) is 3.74. The molecular formula is C30H37N5O5. The number of nitrogens with zero attached hydrogens (tertiary/aromatic N) is 3. The van der Waals surface area contributed by atoms with E-state index in [4.69, 9.17) is 4.74 Å². The second-order valence-corrected chi connectivity index (χ2v) is 10.7. The van der Waals surface area contributed by atoms with Crippen LogP contribution < -0.4 is 20.3 Å². The van der Waals surface area contributed by atoms with E-state index in [1.54, 1.807) is 4.90 Å². The van der Waals surface area contributed by atoms with Gasteiger partial charge in [0.15, 0.2) is 0 Å². The SMILES string of the molecule is CC(NC=O)c1ccc(OCCCCN2CCN(c3ccc4c(c3)CN(C3CCC(=O)NC3=O)C4=O)CC2)cc1. The first-order chi connectivity index (χ1) is 19.4. The number of carbonyl (C=O) groups excluding carboxylic acids is 4. The first-order valence-electron chi connectivity index (χ1n) is 14.1. The minimum Gasteiger partial charge on any atom is -0.494 e. The van der Waals surface area contributed by atoms with Crippen molar-refractivity contribution in [2.75, 3.05) is 44.2 Å². The smallest absolute Gasteiger partial charge is 0.255 e. The molecule has 2 unspecified atom stereocenters. The van der Waals surface area contributed by atoms with Gasteiger partial charge in [-0.2, -0.15) is 0 Å². The zero-order chi connectivity index (χ0) is 28.1. The van der Waals surface area contributed by atoms with Crippen LogP contribution in [0.2, 0.25) is 0 Å². The molecule has 2 saturated heterocycles. The molecule has 2 N–H and O–H groups in total. The summed E-state index contributed by atoms with van der Waals surface area (Å²) in [5, 5.41) is 5.10. The van der Waals surface area contributed by atoms with Crippen molar-refractivity contribution in [3.63, 3.8) is 0 Å². The van der Waals surface area contributed by atoms with Crippen LogP contribution in [0.15, 0.2) is 42.5 Å². The number of hydrogen-bond donors (Lipinski definition) is 2. The van der Waals surface area contributed by atoms with Gasteiger partial charge in [0.05, 0.1) is 12.6 Å². The van der Waals surface area contributed by atoms with Gasteiger partial charge in [-0.1, -0.05) is 12.1 Å². The largest absolute Gasteiger partial charge is 0.494 e. The number of hydrogen-bond acceptors (Lipinski definition) is 7. The molecule has 2 atom stereocenters. The highest BCUT2D eigenvalue weighted by molar-refractivity contribution is 6.05. The monoisotopic (exact) mass is 547 g/mol. The normalized spacial score (nSPS) is 20.2. The Labute approximate surface area is 234 Å². The predicted molar refractivity (Wildman–Crippen MR) is 150 cm³/mol. The van der Waals surface area contributed by atoms with Crippen molar-refractivity contribution in [1.82, 2.24) is 20.4 Å². The van der Waals surface area contributed by atoms with Gasteiger partial charge in [0.25, 0.3) is 5.91 Å². The highest BCUT2D eigenvalue weighted by Crippen LogP contribution is 2.31. The third-order valence-electron chi connectivity index (χ3n) is 8.08. The third kappa shape index (κ3) is 6.28. The Morgan fingerprint density at radius 2 is 1.82 bits per heavy atom. The number of amides is 4. The first kappa shape index (κ1) is 27.6. The maximum atomic E-state index is 13.0. The van der Waals surface area contributed by atoms with Crippen LogP contribution in [0.5, 0.6) is 5.75 Å². The van der Waals surface area contributed by atoms with Gasteiger partial charge in [0, 0.05) is 50.4 Å². The van der Waals surface area contributed by atoms with Crippen LogP contribution in [0, 0.1) is 0 Å². The number of rotatable bonds is 11. The average Bonchev–Trinajstić information content (AvgIpc) is 3.29. The van der Waals surface area contributed by atoms with E-state index >= 15 is 0 Å². The van der Waals surface area contributed by atoms with Crippen molar-refractivity contribution in [3.05, 3.63) is 59.2 Å². The van der Waals surface area contributed by atoms with Crippen LogP contribution in [0.3, 0.4) is 0 Å². The number of benzene rings is 2. The lowest BCUT2D eigenvalue weighted by Crippen LogP contribution is -2.52. The fraction of sp³-hybridized carbons (Fsp3) is 0.467. The zero-order valence-corrected chi connectivity index (χ0v) is 22.9. The van der Waals surface area contributed by atoms with Crippen LogP contribution in [0.4, 0.5) is 5.69 Å². The Bertz CT molecular complexity index is 1240. The van der Waals surface area contributed by atoms with Gasteiger partial charge in [0.2, 0.25) is 18.2 Å². The van der Waals surface area contributed by atoms with E-state index in [-0.39, 0.29) is 30.2 Å². The fourth-order valence-corrected chi connectivity index (χ4v) is 5.67. The standard InChI is InChI=1S/C30H37N5O5/c1-21(31-20-36)22-4-7-25(8-5-22)40-17-3-2-12-33-13-15-34(16-14-33)24-6-9-26-23(18-24)19-35(30(26)39)27-10-11-28(37)32-29(27)38/h4-9,18,20-21,27H,2-3,10-17,19H2,1H3,(H,31,36)(H,32,37,38). The highest BCUT2D eigenvalue weighted by Gasteiger charge is 2.39. The number of nitrogens with one attached hydrogen (secondary N) is 2. The predicted octanol–water partition coefficient (Wildman–Crippen LogP) is 2.24. The van der Waals surface area contributed by atoms with Crippen LogP contribution >= 0.6 is 0 Å². The zero-order valence-electron chi connectivity index (χ0n) is 22.9. The summed E-state index contributed by atoms with van der Waals surface area (Å²) >= 11 is 0. The number of piperidine rings is 1. The summed E-state index contributed by atoms with van der Waals surface area (Å²) in [5.74, 6) is 0.0478. The molecule has 0 spiro atoms. The second kappa shape index (κ2) is 12.5. The topological polar surface area (TPSA) is 111 Å². The molecule has 0 saturated carbocycles. The van der Waals surface area contributed by atoms with Gasteiger partial charge < -0.3 is 19.9 Å². The molecule has 3 heterocycles. The van der Waals surface area contributed by atoms with E-state index in [9.17, 15) is 19.2 Å². The maximum Gasteiger partial charge on any atom is 0.255 e. The van der Waals surface area contributed by atoms with Crippen LogP contribution in [0.1, 0.15) is 60.1 Å². The Kier molecular flexibility index (Phi) is 8.64. The van der Waals surface area contributed by atoms with Crippen LogP contribution in [-0.4, -0.2) is 79.3 Å². The molecule has 2 aromatic carbocycles. The Balaban J connectivity index is 1.03. The molecular weight excluding hydrogens is 510 g/mol. The average molecular weight is 548 g/mol. The van der Waals surface area contributed by atoms with Crippen molar-refractivity contribution in [1.29, 1.82) is 0 Å². The Morgan fingerprint density at radius 3 is 2.55 bits per heavy atom. The number of piperazine rings is 1. The molecule has 2 fully saturated rings. The number of carbonyl (C=O) groups is 4. The van der Waals surface area contributed by atoms with Crippen molar-refractivity contribution in [2.45, 2.75) is 51.2 Å². The molecule has 0 bridgehead atoms. The molecule has 4 amide bonds. The number of fused-ring (bicyclic) bond motifs is 1. The van der Waals surface area contributed by atoms with E-state index < -0.39 is 6.04 Å². The number of ether oxygens (including phenoxy) is 1. The van der Waals surface area contributed by atoms with Gasteiger partial charge >= 0.3 is 0 Å². The minimum absolute atomic E-state index is 0.0192. The Morgan fingerprint density at radius 1 is 1.05 bits per heavy atom. The van der Waals surface area contributed by atoms with Gasteiger partial charge in [0.1, 0.15) is 11.8 Å². The molecule has 2 aromatic rings. The van der Waals surface area contributed by atoms with Gasteiger partial charge in [-0.3, -0.25) is 29.4 Å². The van der Waals surface area contributed by atoms with E-state index in [0.717, 1.165) is 68.1 Å². The first-order valence-corrected chi connectivity index (χ1v) is 14.1. The van der Waals surface area contributed by atoms with Crippen molar-refractivity contribution in [3.8, 4) is 5.75 Å². The van der Waals surface area contributed by atoms with Crippen molar-refractivity contribution < 1.29 is 23.9 Å². The molecule has 10 nitrogen and oxygen atoms in total. The summed E-state index contributed by atoms with van der Waals surface area (Å²) in [6.45, 7) is 7.85. The van der Waals surface area contributed by atoms with E-state index in [1.165, 1.54) is 0 Å². The lowest BCUT2D eigenvalue weighted by molar-refractivity contribution is -0.136. The second-order valence-electron chi connectivity index (χ2n) is 10.7. The molecule has 212 valence electrons. The highest BCUT2D eigenvalue weighted by atomic mass is 16.5. The van der Waals surface area contributed by atoms with Gasteiger partial charge in [-0.15, -0.1) is 0 Å². The lowest BCUT2D eigenvalue weighted by Gasteiger charge is -2.36. The molecule has 0 aliphatic carbocycles. The lowest BCUT2D eigenvalue weighted by atomic mass is 10.0. The summed E-state index contributed by atoms with van der Waals surface area (Å²) in [4.78, 5) is 53.8. The number of unbranched alkanes of at least 4 members (excludes halogenated alkanes) is 1. The molecule has 3 aliphatic rings. The summed E-state index contributed by atoms with van der Waals surface area (Å²) < 4.78 is 5.88.